The van der Waals surface area contributed by atoms with E-state index in [0.717, 1.165) is 13.1 Å². The Labute approximate surface area is 155 Å². The van der Waals surface area contributed by atoms with Crippen molar-refractivity contribution in [3.8, 4) is 0 Å². The number of likely N-dealkylation sites (tertiary alicyclic amines) is 1. The van der Waals surface area contributed by atoms with Crippen LogP contribution < -0.4 is 10.6 Å². The van der Waals surface area contributed by atoms with Crippen molar-refractivity contribution in [3.63, 3.8) is 0 Å². The molecule has 2 aromatic rings. The third kappa shape index (κ3) is 4.42. The quantitative estimate of drug-likeness (QED) is 0.761. The molecule has 1 aliphatic rings. The van der Waals surface area contributed by atoms with E-state index < -0.39 is 0 Å². The molecule has 1 atom stereocenters. The van der Waals surface area contributed by atoms with Crippen LogP contribution in [0.2, 0.25) is 10.0 Å². The van der Waals surface area contributed by atoms with Gasteiger partial charge in [-0.2, -0.15) is 11.3 Å². The summed E-state index contributed by atoms with van der Waals surface area (Å²) in [5.74, 6) is 0. The summed E-state index contributed by atoms with van der Waals surface area (Å²) in [5, 5.41) is 10.9. The highest BCUT2D eigenvalue weighted by Gasteiger charge is 2.24. The molecule has 0 aliphatic carbocycles. The highest BCUT2D eigenvalue weighted by molar-refractivity contribution is 7.08. The smallest absolute Gasteiger partial charge is 0.319 e. The van der Waals surface area contributed by atoms with Crippen LogP contribution in [-0.2, 0) is 0 Å². The standard InChI is InChI=1S/C17H19Cl2N3OS/c18-14-4-3-13(9-15(14)19)21-17(23)20-10-16(12-5-8-24-11-12)22-6-1-2-7-22/h3-5,8-9,11,16H,1-2,6-7,10H2,(H2,20,21,23). The van der Waals surface area contributed by atoms with E-state index in [2.05, 4.69) is 32.4 Å². The number of carbonyl (C=O) groups excluding carboxylic acids is 1. The van der Waals surface area contributed by atoms with Crippen molar-refractivity contribution in [2.75, 3.05) is 25.0 Å². The molecule has 2 N–H and O–H groups in total. The highest BCUT2D eigenvalue weighted by atomic mass is 35.5. The number of benzene rings is 1. The maximum Gasteiger partial charge on any atom is 0.319 e. The number of nitrogens with zero attached hydrogens (tertiary/aromatic N) is 1. The number of amides is 2. The second kappa shape index (κ2) is 8.21. The fourth-order valence-electron chi connectivity index (χ4n) is 2.91. The van der Waals surface area contributed by atoms with Crippen LogP contribution in [0.3, 0.4) is 0 Å². The van der Waals surface area contributed by atoms with Gasteiger partial charge in [-0.05, 0) is 66.5 Å². The van der Waals surface area contributed by atoms with Gasteiger partial charge in [0.15, 0.2) is 0 Å². The third-order valence-corrected chi connectivity index (χ3v) is 5.58. The number of anilines is 1. The van der Waals surface area contributed by atoms with Gasteiger partial charge >= 0.3 is 6.03 Å². The van der Waals surface area contributed by atoms with Gasteiger partial charge in [-0.15, -0.1) is 0 Å². The molecule has 1 fully saturated rings. The first-order valence-corrected chi connectivity index (χ1v) is 9.59. The highest BCUT2D eigenvalue weighted by Crippen LogP contribution is 2.27. The summed E-state index contributed by atoms with van der Waals surface area (Å²) in [6.45, 7) is 2.73. The molecule has 3 rings (SSSR count). The lowest BCUT2D eigenvalue weighted by Crippen LogP contribution is -2.38. The van der Waals surface area contributed by atoms with Crippen LogP contribution in [0.25, 0.3) is 0 Å². The van der Waals surface area contributed by atoms with E-state index in [1.807, 2.05) is 0 Å². The molecular weight excluding hydrogens is 365 g/mol. The van der Waals surface area contributed by atoms with Crippen molar-refractivity contribution in [3.05, 3.63) is 50.6 Å². The summed E-state index contributed by atoms with van der Waals surface area (Å²) in [6.07, 6.45) is 2.44. The van der Waals surface area contributed by atoms with Gasteiger partial charge in [0.25, 0.3) is 0 Å². The molecule has 4 nitrogen and oxygen atoms in total. The fourth-order valence-corrected chi connectivity index (χ4v) is 3.92. The predicted octanol–water partition coefficient (Wildman–Crippen LogP) is 5.01. The Morgan fingerprint density at radius 2 is 2.00 bits per heavy atom. The Hall–Kier alpha value is -1.27. The predicted molar refractivity (Wildman–Crippen MR) is 101 cm³/mol. The number of thiophene rings is 1. The molecule has 1 saturated heterocycles. The lowest BCUT2D eigenvalue weighted by molar-refractivity contribution is 0.228. The van der Waals surface area contributed by atoms with Crippen LogP contribution in [-0.4, -0.2) is 30.6 Å². The topological polar surface area (TPSA) is 44.4 Å². The molecule has 128 valence electrons. The molecule has 2 amide bonds. The second-order valence-electron chi connectivity index (χ2n) is 5.78. The average Bonchev–Trinajstić information content (AvgIpc) is 3.25. The van der Waals surface area contributed by atoms with Crippen LogP contribution in [0.4, 0.5) is 10.5 Å². The largest absolute Gasteiger partial charge is 0.336 e. The summed E-state index contributed by atoms with van der Waals surface area (Å²) >= 11 is 13.5. The van der Waals surface area contributed by atoms with Crippen molar-refractivity contribution in [1.82, 2.24) is 10.2 Å². The van der Waals surface area contributed by atoms with Crippen LogP contribution in [0.1, 0.15) is 24.4 Å². The molecule has 0 spiro atoms. The Kier molecular flexibility index (Phi) is 6.00. The molecule has 0 radical (unpaired) electrons. The average molecular weight is 384 g/mol. The fraction of sp³-hybridized carbons (Fsp3) is 0.353. The van der Waals surface area contributed by atoms with Gasteiger partial charge in [-0.1, -0.05) is 23.2 Å². The Bertz CT molecular complexity index is 687. The van der Waals surface area contributed by atoms with Crippen molar-refractivity contribution in [2.45, 2.75) is 18.9 Å². The lowest BCUT2D eigenvalue weighted by Gasteiger charge is -2.27. The summed E-state index contributed by atoms with van der Waals surface area (Å²) in [7, 11) is 0. The van der Waals surface area contributed by atoms with Gasteiger partial charge in [0.1, 0.15) is 0 Å². The monoisotopic (exact) mass is 383 g/mol. The molecule has 0 bridgehead atoms. The van der Waals surface area contributed by atoms with Crippen LogP contribution in [0, 0.1) is 0 Å². The van der Waals surface area contributed by atoms with Gasteiger partial charge < -0.3 is 10.6 Å². The molecule has 1 aliphatic heterocycles. The SMILES string of the molecule is O=C(NCC(c1ccsc1)N1CCCC1)Nc1ccc(Cl)c(Cl)c1. The van der Waals surface area contributed by atoms with Crippen molar-refractivity contribution in [2.24, 2.45) is 0 Å². The number of rotatable bonds is 5. The van der Waals surface area contributed by atoms with Gasteiger partial charge in [0, 0.05) is 12.2 Å². The zero-order chi connectivity index (χ0) is 16.9. The first-order chi connectivity index (χ1) is 11.6. The van der Waals surface area contributed by atoms with Crippen molar-refractivity contribution in [1.29, 1.82) is 0 Å². The first kappa shape index (κ1) is 17.5. The Morgan fingerprint density at radius 1 is 1.21 bits per heavy atom. The Morgan fingerprint density at radius 3 is 2.67 bits per heavy atom. The molecule has 7 heteroatoms. The molecule has 2 heterocycles. The van der Waals surface area contributed by atoms with Crippen LogP contribution in [0.5, 0.6) is 0 Å². The molecular formula is C17H19Cl2N3OS. The number of carbonyl (C=O) groups is 1. The molecule has 1 aromatic carbocycles. The van der Waals surface area contributed by atoms with E-state index in [-0.39, 0.29) is 12.1 Å². The minimum absolute atomic E-state index is 0.221. The number of urea groups is 1. The minimum atomic E-state index is -0.243. The zero-order valence-corrected chi connectivity index (χ0v) is 15.4. The molecule has 0 saturated carbocycles. The van der Waals surface area contributed by atoms with Crippen molar-refractivity contribution >= 4 is 46.3 Å². The maximum atomic E-state index is 12.2. The van der Waals surface area contributed by atoms with E-state index in [9.17, 15) is 4.79 Å². The molecule has 1 aromatic heterocycles. The summed E-state index contributed by atoms with van der Waals surface area (Å²) in [4.78, 5) is 14.6. The number of nitrogens with one attached hydrogen (secondary N) is 2. The molecule has 1 unspecified atom stereocenters. The Balaban J connectivity index is 1.59. The van der Waals surface area contributed by atoms with Crippen LogP contribution >= 0.6 is 34.5 Å². The summed E-state index contributed by atoms with van der Waals surface area (Å²) in [6, 6.07) is 7.14. The van der Waals surface area contributed by atoms with Gasteiger partial charge in [0.2, 0.25) is 0 Å². The minimum Gasteiger partial charge on any atom is -0.336 e. The van der Waals surface area contributed by atoms with Gasteiger partial charge in [-0.25, -0.2) is 4.79 Å². The van der Waals surface area contributed by atoms with Gasteiger partial charge in [0.05, 0.1) is 16.1 Å². The van der Waals surface area contributed by atoms with Gasteiger partial charge in [-0.3, -0.25) is 4.90 Å². The number of hydrogen-bond acceptors (Lipinski definition) is 3. The van der Waals surface area contributed by atoms with E-state index in [0.29, 0.717) is 22.3 Å². The number of halogens is 2. The second-order valence-corrected chi connectivity index (χ2v) is 7.37. The molecule has 24 heavy (non-hydrogen) atoms. The van der Waals surface area contributed by atoms with Crippen molar-refractivity contribution < 1.29 is 4.79 Å². The lowest BCUT2D eigenvalue weighted by atomic mass is 10.1. The number of hydrogen-bond donors (Lipinski definition) is 2. The maximum absolute atomic E-state index is 12.2. The van der Waals surface area contributed by atoms with E-state index >= 15 is 0 Å². The van der Waals surface area contributed by atoms with Crippen LogP contribution in [0.15, 0.2) is 35.0 Å². The van der Waals surface area contributed by atoms with E-state index in [1.54, 1.807) is 29.5 Å². The van der Waals surface area contributed by atoms with E-state index in [4.69, 9.17) is 23.2 Å². The third-order valence-electron chi connectivity index (χ3n) is 4.14. The summed E-state index contributed by atoms with van der Waals surface area (Å²) < 4.78 is 0. The normalized spacial score (nSPS) is 16.1. The first-order valence-electron chi connectivity index (χ1n) is 7.89. The summed E-state index contributed by atoms with van der Waals surface area (Å²) in [5.41, 5.74) is 1.88. The van der Waals surface area contributed by atoms with E-state index in [1.165, 1.54) is 18.4 Å². The zero-order valence-electron chi connectivity index (χ0n) is 13.1.